The lowest BCUT2D eigenvalue weighted by atomic mass is 10.0. The molecule has 3 aromatic heterocycles. The molecule has 0 spiro atoms. The van der Waals surface area contributed by atoms with Crippen LogP contribution in [-0.4, -0.2) is 21.6 Å². The number of benzene rings is 1. The number of hydrogen-bond donors (Lipinski definition) is 1. The van der Waals surface area contributed by atoms with Crippen molar-refractivity contribution in [3.8, 4) is 16.9 Å². The third-order valence-electron chi connectivity index (χ3n) is 4.73. The quantitative estimate of drug-likeness (QED) is 0.295. The summed E-state index contributed by atoms with van der Waals surface area (Å²) in [6, 6.07) is 10.2. The molecule has 1 N–H and O–H groups in total. The number of pyridine rings is 1. The standard InChI is InChI=1S/C23H23N3O2S2/c1-4-9-28-19-11-24-17(10-18(19)27)12-29-22-21-20(16-7-5-14(2)6-8-16)15(3)30-23(21)26-13-25-22/h5-8,10-11,13H,4,9,12H2,1-3H3,(H,24,27). The Morgan fingerprint density at radius 1 is 1.17 bits per heavy atom. The van der Waals surface area contributed by atoms with Gasteiger partial charge in [0.15, 0.2) is 5.75 Å². The van der Waals surface area contributed by atoms with Crippen molar-refractivity contribution in [2.45, 2.75) is 38.0 Å². The zero-order chi connectivity index (χ0) is 21.1. The molecular formula is C23H23N3O2S2. The molecule has 0 amide bonds. The smallest absolute Gasteiger partial charge is 0.223 e. The van der Waals surface area contributed by atoms with Crippen molar-refractivity contribution in [3.63, 3.8) is 0 Å². The molecule has 30 heavy (non-hydrogen) atoms. The van der Waals surface area contributed by atoms with Crippen LogP contribution in [0.3, 0.4) is 0 Å². The van der Waals surface area contributed by atoms with Crippen molar-refractivity contribution >= 4 is 33.3 Å². The summed E-state index contributed by atoms with van der Waals surface area (Å²) in [5.74, 6) is 0.975. The van der Waals surface area contributed by atoms with Crippen molar-refractivity contribution < 1.29 is 4.74 Å². The summed E-state index contributed by atoms with van der Waals surface area (Å²) in [5, 5.41) is 2.01. The van der Waals surface area contributed by atoms with Gasteiger partial charge in [0, 0.05) is 34.2 Å². The zero-order valence-corrected chi connectivity index (χ0v) is 18.8. The van der Waals surface area contributed by atoms with Crippen LogP contribution >= 0.6 is 23.1 Å². The van der Waals surface area contributed by atoms with E-state index in [2.05, 4.69) is 53.1 Å². The van der Waals surface area contributed by atoms with Crippen LogP contribution < -0.4 is 10.2 Å². The summed E-state index contributed by atoms with van der Waals surface area (Å²) < 4.78 is 5.47. The van der Waals surface area contributed by atoms with Crippen LogP contribution in [0.4, 0.5) is 0 Å². The molecule has 0 saturated carbocycles. The molecule has 3 heterocycles. The average molecular weight is 438 g/mol. The van der Waals surface area contributed by atoms with Crippen LogP contribution in [0.1, 0.15) is 29.5 Å². The van der Waals surface area contributed by atoms with E-state index in [4.69, 9.17) is 4.74 Å². The highest BCUT2D eigenvalue weighted by Gasteiger charge is 2.17. The molecule has 5 nitrogen and oxygen atoms in total. The van der Waals surface area contributed by atoms with E-state index in [9.17, 15) is 4.79 Å². The maximum absolute atomic E-state index is 12.3. The number of aromatic nitrogens is 3. The molecule has 1 aromatic carbocycles. The molecule has 4 rings (SSSR count). The predicted octanol–water partition coefficient (Wildman–Crippen LogP) is 5.74. The molecule has 0 aliphatic carbocycles. The molecule has 0 aliphatic heterocycles. The van der Waals surface area contributed by atoms with Crippen molar-refractivity contribution in [2.75, 3.05) is 6.61 Å². The van der Waals surface area contributed by atoms with Crippen LogP contribution in [0.25, 0.3) is 21.3 Å². The first kappa shape index (κ1) is 20.6. The normalized spacial score (nSPS) is 11.2. The van der Waals surface area contributed by atoms with Crippen LogP contribution in [0.2, 0.25) is 0 Å². The van der Waals surface area contributed by atoms with Gasteiger partial charge in [-0.3, -0.25) is 4.79 Å². The van der Waals surface area contributed by atoms with Crippen molar-refractivity contribution in [1.29, 1.82) is 0 Å². The Kier molecular flexibility index (Phi) is 6.20. The topological polar surface area (TPSA) is 67.9 Å². The first-order valence-electron chi connectivity index (χ1n) is 9.85. The number of ether oxygens (including phenoxy) is 1. The summed E-state index contributed by atoms with van der Waals surface area (Å²) in [5.41, 5.74) is 4.33. The fourth-order valence-corrected chi connectivity index (χ4v) is 5.25. The Bertz CT molecular complexity index is 1230. The summed E-state index contributed by atoms with van der Waals surface area (Å²) in [4.78, 5) is 26.7. The second-order valence-corrected chi connectivity index (χ2v) is 9.25. The van der Waals surface area contributed by atoms with Gasteiger partial charge in [-0.1, -0.05) is 48.5 Å². The summed E-state index contributed by atoms with van der Waals surface area (Å²) in [6.45, 7) is 6.77. The second kappa shape index (κ2) is 9.02. The molecular weight excluding hydrogens is 414 g/mol. The molecule has 0 bridgehead atoms. The molecule has 0 aliphatic rings. The third kappa shape index (κ3) is 4.27. The molecule has 4 aromatic rings. The highest BCUT2D eigenvalue weighted by Crippen LogP contribution is 2.41. The number of aryl methyl sites for hydroxylation is 2. The van der Waals surface area contributed by atoms with E-state index in [1.807, 2.05) is 6.92 Å². The molecule has 154 valence electrons. The third-order valence-corrected chi connectivity index (χ3v) is 6.78. The van der Waals surface area contributed by atoms with Crippen LogP contribution in [0.5, 0.6) is 5.75 Å². The molecule has 0 radical (unpaired) electrons. The number of thioether (sulfide) groups is 1. The number of nitrogens with zero attached hydrogens (tertiary/aromatic N) is 2. The minimum absolute atomic E-state index is 0.0997. The van der Waals surface area contributed by atoms with E-state index < -0.39 is 0 Å². The fourth-order valence-electron chi connectivity index (χ4n) is 3.25. The van der Waals surface area contributed by atoms with Gasteiger partial charge in [-0.25, -0.2) is 9.97 Å². The number of thiophene rings is 1. The molecule has 0 atom stereocenters. The number of rotatable bonds is 7. The average Bonchev–Trinajstić information content (AvgIpc) is 3.08. The van der Waals surface area contributed by atoms with Gasteiger partial charge < -0.3 is 9.72 Å². The monoisotopic (exact) mass is 437 g/mol. The number of H-pyrrole nitrogens is 1. The van der Waals surface area contributed by atoms with Crippen LogP contribution in [0.15, 0.2) is 52.7 Å². The van der Waals surface area contributed by atoms with Gasteiger partial charge >= 0.3 is 0 Å². The zero-order valence-electron chi connectivity index (χ0n) is 17.2. The van der Waals surface area contributed by atoms with E-state index in [1.165, 1.54) is 21.6 Å². The fraction of sp³-hybridized carbons (Fsp3) is 0.261. The van der Waals surface area contributed by atoms with E-state index in [-0.39, 0.29) is 5.43 Å². The van der Waals surface area contributed by atoms with Gasteiger partial charge in [-0.05, 0) is 25.8 Å². The van der Waals surface area contributed by atoms with E-state index in [0.717, 1.165) is 27.4 Å². The lowest BCUT2D eigenvalue weighted by Gasteiger charge is -2.08. The SMILES string of the molecule is CCCOc1c[nH]c(CSc2ncnc3sc(C)c(-c4ccc(C)cc4)c23)cc1=O. The van der Waals surface area contributed by atoms with E-state index in [1.54, 1.807) is 41.7 Å². The summed E-state index contributed by atoms with van der Waals surface area (Å²) >= 11 is 3.29. The number of hydrogen-bond acceptors (Lipinski definition) is 6. The Morgan fingerprint density at radius 3 is 2.70 bits per heavy atom. The lowest BCUT2D eigenvalue weighted by Crippen LogP contribution is -2.09. The molecule has 0 unspecified atom stereocenters. The summed E-state index contributed by atoms with van der Waals surface area (Å²) in [7, 11) is 0. The largest absolute Gasteiger partial charge is 0.488 e. The first-order chi connectivity index (χ1) is 14.6. The van der Waals surface area contributed by atoms with Crippen LogP contribution in [0, 0.1) is 13.8 Å². The maximum atomic E-state index is 12.3. The minimum Gasteiger partial charge on any atom is -0.488 e. The van der Waals surface area contributed by atoms with Crippen LogP contribution in [-0.2, 0) is 5.75 Å². The van der Waals surface area contributed by atoms with E-state index >= 15 is 0 Å². The summed E-state index contributed by atoms with van der Waals surface area (Å²) in [6.07, 6.45) is 4.13. The molecule has 0 saturated heterocycles. The van der Waals surface area contributed by atoms with Gasteiger partial charge in [0.2, 0.25) is 5.43 Å². The Balaban J connectivity index is 1.64. The van der Waals surface area contributed by atoms with Crippen molar-refractivity contribution in [1.82, 2.24) is 15.0 Å². The predicted molar refractivity (Wildman–Crippen MR) is 125 cm³/mol. The first-order valence-corrected chi connectivity index (χ1v) is 11.7. The van der Waals surface area contributed by atoms with E-state index in [0.29, 0.717) is 18.1 Å². The molecule has 7 heteroatoms. The number of nitrogens with one attached hydrogen (secondary N) is 1. The molecule has 0 fully saturated rings. The van der Waals surface area contributed by atoms with Gasteiger partial charge in [-0.15, -0.1) is 11.3 Å². The Hall–Kier alpha value is -2.64. The minimum atomic E-state index is -0.0997. The Labute approximate surface area is 183 Å². The number of fused-ring (bicyclic) bond motifs is 1. The van der Waals surface area contributed by atoms with Gasteiger partial charge in [0.05, 0.1) is 12.0 Å². The highest BCUT2D eigenvalue weighted by atomic mass is 32.2. The second-order valence-electron chi connectivity index (χ2n) is 7.08. The Morgan fingerprint density at radius 2 is 1.97 bits per heavy atom. The van der Waals surface area contributed by atoms with Crippen molar-refractivity contribution in [2.24, 2.45) is 0 Å². The highest BCUT2D eigenvalue weighted by molar-refractivity contribution is 7.98. The van der Waals surface area contributed by atoms with Gasteiger partial charge in [0.1, 0.15) is 16.2 Å². The van der Waals surface area contributed by atoms with Gasteiger partial charge in [0.25, 0.3) is 0 Å². The maximum Gasteiger partial charge on any atom is 0.223 e. The van der Waals surface area contributed by atoms with Gasteiger partial charge in [-0.2, -0.15) is 0 Å². The number of aromatic amines is 1. The van der Waals surface area contributed by atoms with Crippen molar-refractivity contribution in [3.05, 3.63) is 69.2 Å². The lowest BCUT2D eigenvalue weighted by molar-refractivity contribution is 0.313.